The van der Waals surface area contributed by atoms with Gasteiger partial charge in [-0.05, 0) is 60.0 Å². The van der Waals surface area contributed by atoms with Gasteiger partial charge in [0, 0.05) is 24.2 Å². The lowest BCUT2D eigenvalue weighted by Crippen LogP contribution is -2.55. The Kier molecular flexibility index (Phi) is 7.02. The lowest BCUT2D eigenvalue weighted by Gasteiger charge is -2.51. The molecule has 0 amide bonds. The average molecular weight is 537 g/mol. The molecule has 4 fully saturated rings. The zero-order chi connectivity index (χ0) is 26.2. The molecule has 198 valence electrons. The molecular weight excluding hydrogens is 503 g/mol. The highest BCUT2D eigenvalue weighted by molar-refractivity contribution is 7.42. The SMILES string of the molecule is C=C[C@H]1CN2CC[C@H]1C[C@H]2[C@H](OP1O[C@@H](c2ccccc2)[C@H](c2ccccc2)O1)c1ccnc2ccccc12. The van der Waals surface area contributed by atoms with Gasteiger partial charge in [0.1, 0.15) is 18.3 Å². The standard InChI is InChI=1S/C33H33N2O3P/c1-2-23-22-35-20-18-26(23)21-30(35)33(28-17-19-34-29-16-10-9-15-27(28)29)38-39-36-31(24-11-5-3-6-12-24)32(37-39)25-13-7-4-8-14-25/h2-17,19,23,26,30-33H,1,18,20-22H2/t23-,26-,30-,31-,32-,33+/m0/s1. The van der Waals surface area contributed by atoms with Gasteiger partial charge >= 0.3 is 8.60 Å². The van der Waals surface area contributed by atoms with Crippen molar-refractivity contribution in [2.24, 2.45) is 11.8 Å². The van der Waals surface area contributed by atoms with Crippen LogP contribution in [0.15, 0.2) is 110 Å². The first-order valence-electron chi connectivity index (χ1n) is 13.9. The van der Waals surface area contributed by atoms with E-state index < -0.39 is 8.60 Å². The highest BCUT2D eigenvalue weighted by atomic mass is 31.2. The van der Waals surface area contributed by atoms with Crippen LogP contribution in [-0.2, 0) is 13.6 Å². The molecule has 0 N–H and O–H groups in total. The van der Waals surface area contributed by atoms with E-state index in [1.807, 2.05) is 24.4 Å². The maximum Gasteiger partial charge on any atom is 0.334 e. The molecule has 2 bridgehead atoms. The zero-order valence-electron chi connectivity index (χ0n) is 21.9. The summed E-state index contributed by atoms with van der Waals surface area (Å²) in [5.41, 5.74) is 4.33. The van der Waals surface area contributed by atoms with Crippen molar-refractivity contribution in [1.29, 1.82) is 0 Å². The third kappa shape index (κ3) is 4.84. The number of fused-ring (bicyclic) bond motifs is 4. The van der Waals surface area contributed by atoms with E-state index in [4.69, 9.17) is 13.6 Å². The molecule has 6 heteroatoms. The van der Waals surface area contributed by atoms with Gasteiger partial charge in [-0.1, -0.05) is 84.9 Å². The molecule has 8 rings (SSSR count). The fourth-order valence-electron chi connectivity index (χ4n) is 6.61. The molecule has 0 saturated carbocycles. The van der Waals surface area contributed by atoms with E-state index in [0.717, 1.165) is 47.1 Å². The largest absolute Gasteiger partial charge is 0.334 e. The Bertz CT molecular complexity index is 1380. The second-order valence-corrected chi connectivity index (χ2v) is 11.9. The van der Waals surface area contributed by atoms with Crippen molar-refractivity contribution in [3.05, 3.63) is 127 Å². The highest BCUT2D eigenvalue weighted by Crippen LogP contribution is 2.63. The predicted octanol–water partition coefficient (Wildman–Crippen LogP) is 7.95. The van der Waals surface area contributed by atoms with Crippen LogP contribution in [0.1, 0.15) is 47.8 Å². The monoisotopic (exact) mass is 536 g/mol. The van der Waals surface area contributed by atoms with Crippen LogP contribution < -0.4 is 0 Å². The number of benzene rings is 3. The number of hydrogen-bond acceptors (Lipinski definition) is 5. The van der Waals surface area contributed by atoms with Crippen molar-refractivity contribution in [2.45, 2.75) is 37.2 Å². The predicted molar refractivity (Wildman–Crippen MR) is 155 cm³/mol. The summed E-state index contributed by atoms with van der Waals surface area (Å²) < 4.78 is 20.3. The summed E-state index contributed by atoms with van der Waals surface area (Å²) in [5.74, 6) is 1.17. The molecule has 1 aromatic heterocycles. The normalized spacial score (nSPS) is 29.4. The van der Waals surface area contributed by atoms with Crippen molar-refractivity contribution in [3.63, 3.8) is 0 Å². The number of para-hydroxylation sites is 1. The summed E-state index contributed by atoms with van der Waals surface area (Å²) in [6.07, 6.45) is 5.68. The highest BCUT2D eigenvalue weighted by Gasteiger charge is 2.47. The number of piperidine rings is 3. The Balaban J connectivity index is 1.25. The molecule has 1 unspecified atom stereocenters. The van der Waals surface area contributed by atoms with Crippen LogP contribution in [0.5, 0.6) is 0 Å². The van der Waals surface area contributed by atoms with Gasteiger partial charge in [-0.3, -0.25) is 9.88 Å². The number of pyridine rings is 1. The maximum atomic E-state index is 7.00. The lowest BCUT2D eigenvalue weighted by atomic mass is 9.73. The van der Waals surface area contributed by atoms with Gasteiger partial charge in [0.05, 0.1) is 5.52 Å². The molecule has 3 aromatic carbocycles. The minimum Gasteiger partial charge on any atom is -0.302 e. The van der Waals surface area contributed by atoms with Gasteiger partial charge in [-0.2, -0.15) is 0 Å². The summed E-state index contributed by atoms with van der Waals surface area (Å²) in [4.78, 5) is 7.24. The quantitative estimate of drug-likeness (QED) is 0.177. The molecule has 0 aliphatic carbocycles. The van der Waals surface area contributed by atoms with E-state index in [0.29, 0.717) is 11.8 Å². The molecular formula is C33H33N2O3P. The average Bonchev–Trinajstić information content (AvgIpc) is 3.45. The third-order valence-corrected chi connectivity index (χ3v) is 9.82. The summed E-state index contributed by atoms with van der Waals surface area (Å²) in [7, 11) is -1.61. The van der Waals surface area contributed by atoms with Crippen LogP contribution in [0.3, 0.4) is 0 Å². The van der Waals surface area contributed by atoms with Crippen molar-refractivity contribution >= 4 is 19.5 Å². The summed E-state index contributed by atoms with van der Waals surface area (Å²) >= 11 is 0. The van der Waals surface area contributed by atoms with E-state index in [2.05, 4.69) is 95.3 Å². The maximum absolute atomic E-state index is 7.00. The van der Waals surface area contributed by atoms with E-state index in [1.54, 1.807) is 0 Å². The van der Waals surface area contributed by atoms with Crippen molar-refractivity contribution < 1.29 is 13.6 Å². The number of aromatic nitrogens is 1. The Morgan fingerprint density at radius 2 is 1.56 bits per heavy atom. The van der Waals surface area contributed by atoms with Gasteiger partial charge in [0.15, 0.2) is 0 Å². The lowest BCUT2D eigenvalue weighted by molar-refractivity contribution is -0.0391. The van der Waals surface area contributed by atoms with Crippen LogP contribution in [0, 0.1) is 11.8 Å². The minimum atomic E-state index is -1.61. The van der Waals surface area contributed by atoms with Crippen LogP contribution in [0.4, 0.5) is 0 Å². The first-order valence-corrected chi connectivity index (χ1v) is 15.0. The fraction of sp³-hybridized carbons (Fsp3) is 0.303. The number of nitrogens with zero attached hydrogens (tertiary/aromatic N) is 2. The molecule has 7 atom stereocenters. The minimum absolute atomic E-state index is 0.191. The van der Waals surface area contributed by atoms with Crippen LogP contribution in [0.25, 0.3) is 10.9 Å². The molecule has 0 radical (unpaired) electrons. The number of rotatable bonds is 7. The van der Waals surface area contributed by atoms with E-state index >= 15 is 0 Å². The Labute approximate surface area is 231 Å². The summed E-state index contributed by atoms with van der Waals surface area (Å²) in [6.45, 7) is 6.24. The third-order valence-electron chi connectivity index (χ3n) is 8.62. The summed E-state index contributed by atoms with van der Waals surface area (Å²) in [6, 6.07) is 31.4. The Morgan fingerprint density at radius 1 is 0.897 bits per heavy atom. The zero-order valence-corrected chi connectivity index (χ0v) is 22.8. The van der Waals surface area contributed by atoms with Crippen LogP contribution in [-0.4, -0.2) is 29.0 Å². The molecule has 0 spiro atoms. The van der Waals surface area contributed by atoms with Gasteiger partial charge in [0.25, 0.3) is 0 Å². The summed E-state index contributed by atoms with van der Waals surface area (Å²) in [5, 5.41) is 1.13. The molecule has 5 nitrogen and oxygen atoms in total. The van der Waals surface area contributed by atoms with Gasteiger partial charge < -0.3 is 13.6 Å². The van der Waals surface area contributed by atoms with Crippen molar-refractivity contribution in [2.75, 3.05) is 13.1 Å². The first kappa shape index (κ1) is 25.1. The fourth-order valence-corrected chi connectivity index (χ4v) is 8.04. The second kappa shape index (κ2) is 10.9. The van der Waals surface area contributed by atoms with Crippen LogP contribution >= 0.6 is 8.60 Å². The van der Waals surface area contributed by atoms with Crippen molar-refractivity contribution in [3.8, 4) is 0 Å². The topological polar surface area (TPSA) is 43.8 Å². The molecule has 4 aromatic rings. The first-order chi connectivity index (χ1) is 19.3. The molecule has 4 aliphatic heterocycles. The van der Waals surface area contributed by atoms with Crippen LogP contribution in [0.2, 0.25) is 0 Å². The Morgan fingerprint density at radius 3 is 2.21 bits per heavy atom. The van der Waals surface area contributed by atoms with Crippen molar-refractivity contribution in [1.82, 2.24) is 9.88 Å². The van der Waals surface area contributed by atoms with E-state index in [9.17, 15) is 0 Å². The van der Waals surface area contributed by atoms with E-state index in [-0.39, 0.29) is 24.4 Å². The van der Waals surface area contributed by atoms with Gasteiger partial charge in [-0.15, -0.1) is 6.58 Å². The molecule has 5 heterocycles. The molecule has 39 heavy (non-hydrogen) atoms. The Hall–Kier alpha value is -2.92. The van der Waals surface area contributed by atoms with E-state index in [1.165, 1.54) is 6.42 Å². The smallest absolute Gasteiger partial charge is 0.302 e. The second-order valence-electron chi connectivity index (χ2n) is 10.8. The molecule has 4 saturated heterocycles. The number of hydrogen-bond donors (Lipinski definition) is 0. The molecule has 4 aliphatic rings. The van der Waals surface area contributed by atoms with Gasteiger partial charge in [-0.25, -0.2) is 0 Å². The van der Waals surface area contributed by atoms with Gasteiger partial charge in [0.2, 0.25) is 0 Å².